The standard InChI is InChI=1S/C12H16BrNO2/c1-15-10-2-3-12(11(13)6-10)16-5-4-9-7-14-8-9/h2-3,6,9,14H,4-5,7-8H2,1H3. The minimum atomic E-state index is 0.775. The van der Waals surface area contributed by atoms with E-state index in [2.05, 4.69) is 21.2 Å². The first-order valence-electron chi connectivity index (χ1n) is 5.46. The van der Waals surface area contributed by atoms with Gasteiger partial charge in [0.05, 0.1) is 18.2 Å². The molecule has 4 heteroatoms. The van der Waals surface area contributed by atoms with Gasteiger partial charge in [-0.15, -0.1) is 0 Å². The van der Waals surface area contributed by atoms with Crippen LogP contribution in [0.2, 0.25) is 0 Å². The number of benzene rings is 1. The van der Waals surface area contributed by atoms with Gasteiger partial charge < -0.3 is 14.8 Å². The molecular weight excluding hydrogens is 270 g/mol. The van der Waals surface area contributed by atoms with Gasteiger partial charge in [0.2, 0.25) is 0 Å². The molecule has 0 unspecified atom stereocenters. The Morgan fingerprint density at radius 2 is 2.25 bits per heavy atom. The zero-order valence-electron chi connectivity index (χ0n) is 9.33. The number of nitrogens with one attached hydrogen (secondary N) is 1. The Kier molecular flexibility index (Phi) is 4.07. The summed E-state index contributed by atoms with van der Waals surface area (Å²) in [4.78, 5) is 0. The van der Waals surface area contributed by atoms with Gasteiger partial charge in [-0.2, -0.15) is 0 Å². The van der Waals surface area contributed by atoms with Crippen molar-refractivity contribution in [1.82, 2.24) is 5.32 Å². The molecule has 0 atom stereocenters. The Bertz CT molecular complexity index is 353. The third-order valence-electron chi connectivity index (χ3n) is 2.79. The first-order valence-corrected chi connectivity index (χ1v) is 6.26. The summed E-state index contributed by atoms with van der Waals surface area (Å²) in [6, 6.07) is 5.76. The van der Waals surface area contributed by atoms with Crippen molar-refractivity contribution in [3.05, 3.63) is 22.7 Å². The fourth-order valence-corrected chi connectivity index (χ4v) is 2.09. The van der Waals surface area contributed by atoms with Crippen molar-refractivity contribution in [3.63, 3.8) is 0 Å². The molecule has 0 aliphatic carbocycles. The zero-order valence-corrected chi connectivity index (χ0v) is 10.9. The molecule has 1 aliphatic heterocycles. The molecular formula is C12H16BrNO2. The Balaban J connectivity index is 1.83. The lowest BCUT2D eigenvalue weighted by Crippen LogP contribution is -2.42. The number of halogens is 1. The molecule has 0 saturated carbocycles. The van der Waals surface area contributed by atoms with E-state index in [9.17, 15) is 0 Å². The second-order valence-corrected chi connectivity index (χ2v) is 4.81. The molecule has 88 valence electrons. The quantitative estimate of drug-likeness (QED) is 0.902. The third-order valence-corrected chi connectivity index (χ3v) is 3.41. The SMILES string of the molecule is COc1ccc(OCCC2CNC2)c(Br)c1. The Labute approximate surface area is 104 Å². The predicted octanol–water partition coefficient (Wildman–Crippen LogP) is 2.45. The molecule has 1 aromatic rings. The molecule has 3 nitrogen and oxygen atoms in total. The number of ether oxygens (including phenoxy) is 2. The number of hydrogen-bond acceptors (Lipinski definition) is 3. The van der Waals surface area contributed by atoms with Gasteiger partial charge in [-0.1, -0.05) is 0 Å². The predicted molar refractivity (Wildman–Crippen MR) is 67.2 cm³/mol. The van der Waals surface area contributed by atoms with E-state index in [0.29, 0.717) is 0 Å². The molecule has 2 rings (SSSR count). The highest BCUT2D eigenvalue weighted by Gasteiger charge is 2.16. The molecule has 16 heavy (non-hydrogen) atoms. The monoisotopic (exact) mass is 285 g/mol. The van der Waals surface area contributed by atoms with E-state index < -0.39 is 0 Å². The van der Waals surface area contributed by atoms with Gasteiger partial charge in [-0.3, -0.25) is 0 Å². The summed E-state index contributed by atoms with van der Waals surface area (Å²) in [6.07, 6.45) is 1.12. The zero-order chi connectivity index (χ0) is 11.4. The summed E-state index contributed by atoms with van der Waals surface area (Å²) in [5.41, 5.74) is 0. The molecule has 1 fully saturated rings. The van der Waals surface area contributed by atoms with E-state index in [0.717, 1.165) is 48.0 Å². The second-order valence-electron chi connectivity index (χ2n) is 3.96. The summed E-state index contributed by atoms with van der Waals surface area (Å²) in [5.74, 6) is 2.51. The van der Waals surface area contributed by atoms with Gasteiger partial charge in [0.15, 0.2) is 0 Å². The van der Waals surface area contributed by atoms with Crippen LogP contribution in [0.4, 0.5) is 0 Å². The van der Waals surface area contributed by atoms with Crippen molar-refractivity contribution >= 4 is 15.9 Å². The topological polar surface area (TPSA) is 30.5 Å². The first-order chi connectivity index (χ1) is 7.79. The highest BCUT2D eigenvalue weighted by Crippen LogP contribution is 2.29. The van der Waals surface area contributed by atoms with Crippen LogP contribution >= 0.6 is 15.9 Å². The smallest absolute Gasteiger partial charge is 0.133 e. The van der Waals surface area contributed by atoms with Crippen molar-refractivity contribution < 1.29 is 9.47 Å². The lowest BCUT2D eigenvalue weighted by atomic mass is 10.0. The van der Waals surface area contributed by atoms with Crippen molar-refractivity contribution in [3.8, 4) is 11.5 Å². The molecule has 0 bridgehead atoms. The van der Waals surface area contributed by atoms with Crippen LogP contribution in [-0.4, -0.2) is 26.8 Å². The molecule has 0 spiro atoms. The van der Waals surface area contributed by atoms with Gasteiger partial charge in [0.1, 0.15) is 11.5 Å². The molecule has 0 amide bonds. The summed E-state index contributed by atoms with van der Waals surface area (Å²) in [5, 5.41) is 3.25. The molecule has 0 aromatic heterocycles. The summed E-state index contributed by atoms with van der Waals surface area (Å²) < 4.78 is 11.8. The van der Waals surface area contributed by atoms with Crippen LogP contribution in [0.25, 0.3) is 0 Å². The molecule has 1 aliphatic rings. The minimum absolute atomic E-state index is 0.775. The maximum absolute atomic E-state index is 5.71. The maximum Gasteiger partial charge on any atom is 0.133 e. The lowest BCUT2D eigenvalue weighted by Gasteiger charge is -2.26. The van der Waals surface area contributed by atoms with Crippen LogP contribution < -0.4 is 14.8 Å². The van der Waals surface area contributed by atoms with Crippen molar-refractivity contribution in [2.45, 2.75) is 6.42 Å². The van der Waals surface area contributed by atoms with E-state index in [4.69, 9.17) is 9.47 Å². The highest BCUT2D eigenvalue weighted by molar-refractivity contribution is 9.10. The van der Waals surface area contributed by atoms with E-state index in [-0.39, 0.29) is 0 Å². The van der Waals surface area contributed by atoms with Gasteiger partial charge in [0.25, 0.3) is 0 Å². The van der Waals surface area contributed by atoms with E-state index in [1.54, 1.807) is 7.11 Å². The third kappa shape index (κ3) is 2.89. The van der Waals surface area contributed by atoms with Crippen LogP contribution in [0.15, 0.2) is 22.7 Å². The number of hydrogen-bond donors (Lipinski definition) is 1. The van der Waals surface area contributed by atoms with Crippen LogP contribution in [-0.2, 0) is 0 Å². The highest BCUT2D eigenvalue weighted by atomic mass is 79.9. The maximum atomic E-state index is 5.71. The van der Waals surface area contributed by atoms with E-state index in [1.165, 1.54) is 0 Å². The van der Waals surface area contributed by atoms with Crippen LogP contribution in [0.5, 0.6) is 11.5 Å². The lowest BCUT2D eigenvalue weighted by molar-refractivity contribution is 0.237. The Hall–Kier alpha value is -0.740. The average molecular weight is 286 g/mol. The molecule has 0 radical (unpaired) electrons. The minimum Gasteiger partial charge on any atom is -0.497 e. The molecule has 1 saturated heterocycles. The van der Waals surface area contributed by atoms with Crippen molar-refractivity contribution in [1.29, 1.82) is 0 Å². The van der Waals surface area contributed by atoms with Crippen LogP contribution in [0, 0.1) is 5.92 Å². The summed E-state index contributed by atoms with van der Waals surface area (Å²) >= 11 is 3.47. The van der Waals surface area contributed by atoms with Crippen molar-refractivity contribution in [2.24, 2.45) is 5.92 Å². The molecule has 1 aromatic carbocycles. The van der Waals surface area contributed by atoms with Gasteiger partial charge in [0, 0.05) is 0 Å². The van der Waals surface area contributed by atoms with E-state index >= 15 is 0 Å². The number of rotatable bonds is 5. The van der Waals surface area contributed by atoms with E-state index in [1.807, 2.05) is 18.2 Å². The van der Waals surface area contributed by atoms with Gasteiger partial charge in [-0.25, -0.2) is 0 Å². The Morgan fingerprint density at radius 3 is 2.81 bits per heavy atom. The largest absolute Gasteiger partial charge is 0.497 e. The normalized spacial score (nSPS) is 15.6. The number of methoxy groups -OCH3 is 1. The van der Waals surface area contributed by atoms with Crippen molar-refractivity contribution in [2.75, 3.05) is 26.8 Å². The van der Waals surface area contributed by atoms with Crippen LogP contribution in [0.3, 0.4) is 0 Å². The first kappa shape index (κ1) is 11.7. The summed E-state index contributed by atoms with van der Waals surface area (Å²) in [7, 11) is 1.66. The summed E-state index contributed by atoms with van der Waals surface area (Å²) in [6.45, 7) is 3.04. The fourth-order valence-electron chi connectivity index (χ4n) is 1.61. The molecule has 1 N–H and O–H groups in total. The van der Waals surface area contributed by atoms with Crippen LogP contribution in [0.1, 0.15) is 6.42 Å². The van der Waals surface area contributed by atoms with Gasteiger partial charge in [-0.05, 0) is 59.6 Å². The molecule has 1 heterocycles. The average Bonchev–Trinajstić information content (AvgIpc) is 2.23. The van der Waals surface area contributed by atoms with Gasteiger partial charge >= 0.3 is 0 Å². The Morgan fingerprint density at radius 1 is 1.44 bits per heavy atom. The second kappa shape index (κ2) is 5.55. The fraction of sp³-hybridized carbons (Fsp3) is 0.500.